The molecule has 0 saturated carbocycles. The van der Waals surface area contributed by atoms with Gasteiger partial charge in [-0.1, -0.05) is 0 Å². The van der Waals surface area contributed by atoms with Crippen molar-refractivity contribution in [2.45, 2.75) is 25.8 Å². The summed E-state index contributed by atoms with van der Waals surface area (Å²) >= 11 is 1.26. The topological polar surface area (TPSA) is 98.2 Å². The highest BCUT2D eigenvalue weighted by Crippen LogP contribution is 2.20. The number of carbonyl (C=O) groups excluding carboxylic acids is 2. The van der Waals surface area contributed by atoms with Gasteiger partial charge >= 0.3 is 0 Å². The van der Waals surface area contributed by atoms with E-state index in [0.717, 1.165) is 0 Å². The second-order valence-corrected chi connectivity index (χ2v) is 5.10. The number of nitrogens with one attached hydrogen (secondary N) is 1. The molecule has 5 nitrogen and oxygen atoms in total. The number of nitrogen functional groups attached to an aromatic ring is 1. The van der Waals surface area contributed by atoms with Crippen LogP contribution in [0.25, 0.3) is 0 Å². The molecule has 1 rings (SSSR count). The fourth-order valence-corrected chi connectivity index (χ4v) is 2.06. The molecule has 0 aromatic carbocycles. The Morgan fingerprint density at radius 1 is 1.50 bits per heavy atom. The van der Waals surface area contributed by atoms with Gasteiger partial charge in [0, 0.05) is 12.0 Å². The zero-order chi connectivity index (χ0) is 12.3. The highest BCUT2D eigenvalue weighted by molar-refractivity contribution is 7.12. The fraction of sp³-hybridized carbons (Fsp3) is 0.400. The van der Waals surface area contributed by atoms with Crippen LogP contribution in [0.4, 0.5) is 5.69 Å². The number of carbonyl (C=O) groups is 2. The minimum Gasteiger partial charge on any atom is -0.397 e. The molecule has 1 aromatic heterocycles. The average molecular weight is 241 g/mol. The van der Waals surface area contributed by atoms with E-state index in [4.69, 9.17) is 11.5 Å². The van der Waals surface area contributed by atoms with Gasteiger partial charge < -0.3 is 16.8 Å². The molecule has 1 aromatic rings. The van der Waals surface area contributed by atoms with Gasteiger partial charge in [-0.3, -0.25) is 9.59 Å². The van der Waals surface area contributed by atoms with Crippen molar-refractivity contribution < 1.29 is 9.59 Å². The molecule has 0 radical (unpaired) electrons. The van der Waals surface area contributed by atoms with Gasteiger partial charge in [0.2, 0.25) is 5.91 Å². The van der Waals surface area contributed by atoms with Gasteiger partial charge in [-0.2, -0.15) is 0 Å². The summed E-state index contributed by atoms with van der Waals surface area (Å²) in [4.78, 5) is 23.0. The van der Waals surface area contributed by atoms with Crippen LogP contribution in [0.1, 0.15) is 29.9 Å². The molecule has 2 amide bonds. The standard InChI is InChI=1S/C10H15N3O2S/c1-10(2,5-7(12)14)13-9(15)8-6(11)3-4-16-8/h3-4H,5,11H2,1-2H3,(H2,12,14)(H,13,15). The second-order valence-electron chi connectivity index (χ2n) is 4.19. The number of hydrogen-bond acceptors (Lipinski definition) is 4. The van der Waals surface area contributed by atoms with Crippen LogP contribution in [0, 0.1) is 0 Å². The molecule has 0 atom stereocenters. The fourth-order valence-electron chi connectivity index (χ4n) is 1.35. The number of hydrogen-bond donors (Lipinski definition) is 3. The first-order chi connectivity index (χ1) is 7.32. The van der Waals surface area contributed by atoms with Crippen LogP contribution in [0.2, 0.25) is 0 Å². The van der Waals surface area contributed by atoms with Crippen molar-refractivity contribution in [3.05, 3.63) is 16.3 Å². The third kappa shape index (κ3) is 3.23. The van der Waals surface area contributed by atoms with E-state index in [9.17, 15) is 9.59 Å². The molecule has 6 heteroatoms. The smallest absolute Gasteiger partial charge is 0.263 e. The summed E-state index contributed by atoms with van der Waals surface area (Å²) in [5.41, 5.74) is 10.5. The van der Waals surface area contributed by atoms with Crippen LogP contribution < -0.4 is 16.8 Å². The molecule has 0 bridgehead atoms. The van der Waals surface area contributed by atoms with Gasteiger partial charge in [-0.15, -0.1) is 11.3 Å². The molecule has 0 spiro atoms. The lowest BCUT2D eigenvalue weighted by Crippen LogP contribution is -2.45. The van der Waals surface area contributed by atoms with E-state index in [0.29, 0.717) is 10.6 Å². The van der Waals surface area contributed by atoms with Crippen molar-refractivity contribution in [1.82, 2.24) is 5.32 Å². The van der Waals surface area contributed by atoms with Crippen molar-refractivity contribution >= 4 is 28.8 Å². The summed E-state index contributed by atoms with van der Waals surface area (Å²) in [5.74, 6) is -0.733. The number of anilines is 1. The maximum Gasteiger partial charge on any atom is 0.263 e. The second kappa shape index (κ2) is 4.52. The van der Waals surface area contributed by atoms with Gasteiger partial charge in [-0.05, 0) is 25.3 Å². The Bertz CT molecular complexity index is 412. The first-order valence-electron chi connectivity index (χ1n) is 4.75. The van der Waals surface area contributed by atoms with E-state index in [2.05, 4.69) is 5.32 Å². The Labute approximate surface area is 97.8 Å². The van der Waals surface area contributed by atoms with Crippen molar-refractivity contribution in [3.8, 4) is 0 Å². The highest BCUT2D eigenvalue weighted by Gasteiger charge is 2.24. The molecule has 16 heavy (non-hydrogen) atoms. The average Bonchev–Trinajstić information content (AvgIpc) is 2.47. The number of amides is 2. The van der Waals surface area contributed by atoms with Gasteiger partial charge in [0.05, 0.1) is 5.69 Å². The Hall–Kier alpha value is -1.56. The Kier molecular flexibility index (Phi) is 3.54. The van der Waals surface area contributed by atoms with Gasteiger partial charge in [0.15, 0.2) is 0 Å². The Morgan fingerprint density at radius 3 is 2.56 bits per heavy atom. The maximum absolute atomic E-state index is 11.8. The van der Waals surface area contributed by atoms with Crippen molar-refractivity contribution in [3.63, 3.8) is 0 Å². The van der Waals surface area contributed by atoms with Crippen LogP contribution in [0.5, 0.6) is 0 Å². The molecule has 88 valence electrons. The quantitative estimate of drug-likeness (QED) is 0.724. The van der Waals surface area contributed by atoms with Crippen molar-refractivity contribution in [2.75, 3.05) is 5.73 Å². The monoisotopic (exact) mass is 241 g/mol. The third-order valence-electron chi connectivity index (χ3n) is 1.97. The van der Waals surface area contributed by atoms with E-state index >= 15 is 0 Å². The summed E-state index contributed by atoms with van der Waals surface area (Å²) in [6.07, 6.45) is 0.0873. The number of nitrogens with two attached hydrogens (primary N) is 2. The number of thiophene rings is 1. The van der Waals surface area contributed by atoms with Crippen LogP contribution in [0.15, 0.2) is 11.4 Å². The molecule has 5 N–H and O–H groups in total. The minimum atomic E-state index is -0.667. The Morgan fingerprint density at radius 2 is 2.12 bits per heavy atom. The summed E-state index contributed by atoms with van der Waals surface area (Å²) in [7, 11) is 0. The summed E-state index contributed by atoms with van der Waals surface area (Å²) in [6, 6.07) is 1.67. The molecular weight excluding hydrogens is 226 g/mol. The SMILES string of the molecule is CC(C)(CC(N)=O)NC(=O)c1sccc1N. The van der Waals surface area contributed by atoms with Gasteiger partial charge in [0.1, 0.15) is 4.88 Å². The van der Waals surface area contributed by atoms with Gasteiger partial charge in [0.25, 0.3) is 5.91 Å². The first kappa shape index (κ1) is 12.5. The lowest BCUT2D eigenvalue weighted by atomic mass is 10.0. The summed E-state index contributed by atoms with van der Waals surface area (Å²) in [6.45, 7) is 3.47. The van der Waals surface area contributed by atoms with E-state index in [1.165, 1.54) is 11.3 Å². The minimum absolute atomic E-state index is 0.0873. The predicted octanol–water partition coefficient (Wildman–Crippen LogP) is 0.714. The number of primary amides is 1. The number of rotatable bonds is 4. The molecule has 0 fully saturated rings. The van der Waals surface area contributed by atoms with Crippen molar-refractivity contribution in [1.29, 1.82) is 0 Å². The van der Waals surface area contributed by atoms with E-state index in [1.807, 2.05) is 0 Å². The summed E-state index contributed by atoms with van der Waals surface area (Å²) < 4.78 is 0. The molecule has 0 aliphatic carbocycles. The normalized spacial score (nSPS) is 11.1. The lowest BCUT2D eigenvalue weighted by Gasteiger charge is -2.24. The maximum atomic E-state index is 11.8. The predicted molar refractivity (Wildman–Crippen MR) is 64.1 cm³/mol. The summed E-state index contributed by atoms with van der Waals surface area (Å²) in [5, 5.41) is 4.46. The molecular formula is C10H15N3O2S. The Balaban J connectivity index is 2.71. The van der Waals surface area contributed by atoms with Crippen LogP contribution in [-0.2, 0) is 4.79 Å². The zero-order valence-electron chi connectivity index (χ0n) is 9.24. The molecule has 0 unspecified atom stereocenters. The van der Waals surface area contributed by atoms with Gasteiger partial charge in [-0.25, -0.2) is 0 Å². The molecule has 0 aliphatic heterocycles. The van der Waals surface area contributed by atoms with Crippen LogP contribution in [-0.4, -0.2) is 17.4 Å². The lowest BCUT2D eigenvalue weighted by molar-refractivity contribution is -0.119. The first-order valence-corrected chi connectivity index (χ1v) is 5.63. The highest BCUT2D eigenvalue weighted by atomic mass is 32.1. The van der Waals surface area contributed by atoms with E-state index in [1.54, 1.807) is 25.3 Å². The molecule has 0 saturated heterocycles. The molecule has 1 heterocycles. The third-order valence-corrected chi connectivity index (χ3v) is 2.90. The van der Waals surface area contributed by atoms with Crippen molar-refractivity contribution in [2.24, 2.45) is 5.73 Å². The zero-order valence-corrected chi connectivity index (χ0v) is 10.1. The van der Waals surface area contributed by atoms with E-state index in [-0.39, 0.29) is 12.3 Å². The largest absolute Gasteiger partial charge is 0.397 e. The van der Waals surface area contributed by atoms with E-state index < -0.39 is 11.4 Å². The van der Waals surface area contributed by atoms with Crippen LogP contribution in [0.3, 0.4) is 0 Å². The van der Waals surface area contributed by atoms with Crippen LogP contribution >= 0.6 is 11.3 Å². The molecule has 0 aliphatic rings.